The molecule has 3 aromatic rings. The molecule has 1 saturated heterocycles. The van der Waals surface area contributed by atoms with Crippen molar-refractivity contribution in [1.29, 1.82) is 0 Å². The number of amides is 4. The van der Waals surface area contributed by atoms with Crippen LogP contribution in [0.5, 0.6) is 0 Å². The van der Waals surface area contributed by atoms with Crippen LogP contribution in [-0.2, 0) is 23.1 Å². The first-order valence-corrected chi connectivity index (χ1v) is 12.0. The molecule has 0 spiro atoms. The Hall–Kier alpha value is -4.28. The van der Waals surface area contributed by atoms with Crippen LogP contribution in [0.1, 0.15) is 36.1 Å². The first-order chi connectivity index (χ1) is 17.6. The second-order valence-electron chi connectivity index (χ2n) is 9.16. The Morgan fingerprint density at radius 2 is 2.03 bits per heavy atom. The number of halogens is 1. The van der Waals surface area contributed by atoms with Crippen LogP contribution in [0.25, 0.3) is 0 Å². The molecule has 1 aromatic carbocycles. The standard InChI is InChI=1S/C26H30FN7O3/c1-5-20(17-7-6-8-19(27)15(17)2)30-26(37)34-23(25(36)33(4)22-10-12-32(3)31-22)18(24(34)35)13-16-9-11-29-21(28)14-16/h6-12,14,18,20,23H,5,13H2,1-4H3,(H2,28,29)(H,30,37)/t18-,20-,23+/m1/s1. The summed E-state index contributed by atoms with van der Waals surface area (Å²) in [6.45, 7) is 3.49. The highest BCUT2D eigenvalue weighted by atomic mass is 19.1. The molecule has 0 radical (unpaired) electrons. The van der Waals surface area contributed by atoms with Crippen molar-refractivity contribution in [3.05, 3.63) is 71.3 Å². The Morgan fingerprint density at radius 1 is 1.27 bits per heavy atom. The maximum Gasteiger partial charge on any atom is 0.325 e. The van der Waals surface area contributed by atoms with Gasteiger partial charge < -0.3 is 11.1 Å². The maximum absolute atomic E-state index is 14.2. The molecule has 1 aliphatic heterocycles. The molecule has 3 N–H and O–H groups in total. The van der Waals surface area contributed by atoms with E-state index in [0.717, 1.165) is 10.5 Å². The van der Waals surface area contributed by atoms with Gasteiger partial charge in [-0.2, -0.15) is 5.10 Å². The summed E-state index contributed by atoms with van der Waals surface area (Å²) < 4.78 is 15.7. The number of nitrogens with two attached hydrogens (primary N) is 1. The Labute approximate surface area is 214 Å². The van der Waals surface area contributed by atoms with Crippen LogP contribution in [0, 0.1) is 18.7 Å². The number of rotatable bonds is 7. The third-order valence-electron chi connectivity index (χ3n) is 6.75. The number of nitrogens with zero attached hydrogens (tertiary/aromatic N) is 5. The Kier molecular flexibility index (Phi) is 7.23. The van der Waals surface area contributed by atoms with E-state index in [0.29, 0.717) is 29.2 Å². The number of likely N-dealkylation sites (N-methyl/N-ethyl adjacent to an activating group) is 1. The van der Waals surface area contributed by atoms with Crippen LogP contribution in [-0.4, -0.2) is 50.6 Å². The monoisotopic (exact) mass is 507 g/mol. The number of imide groups is 1. The second-order valence-corrected chi connectivity index (χ2v) is 9.16. The van der Waals surface area contributed by atoms with E-state index in [4.69, 9.17) is 5.73 Å². The van der Waals surface area contributed by atoms with Gasteiger partial charge in [-0.15, -0.1) is 0 Å². The lowest BCUT2D eigenvalue weighted by Gasteiger charge is -2.45. The molecule has 11 heteroatoms. The first-order valence-electron chi connectivity index (χ1n) is 12.0. The molecular weight excluding hydrogens is 477 g/mol. The number of hydrogen-bond acceptors (Lipinski definition) is 6. The Balaban J connectivity index is 1.61. The fraction of sp³-hybridized carbons (Fsp3) is 0.346. The van der Waals surface area contributed by atoms with Crippen molar-refractivity contribution in [3.8, 4) is 0 Å². The largest absolute Gasteiger partial charge is 0.384 e. The molecule has 0 aliphatic carbocycles. The van der Waals surface area contributed by atoms with Gasteiger partial charge in [-0.1, -0.05) is 19.1 Å². The van der Waals surface area contributed by atoms with Crippen molar-refractivity contribution in [2.24, 2.45) is 13.0 Å². The fourth-order valence-electron chi connectivity index (χ4n) is 4.64. The van der Waals surface area contributed by atoms with E-state index in [1.54, 1.807) is 62.2 Å². The lowest BCUT2D eigenvalue weighted by Crippen LogP contribution is -2.70. The Morgan fingerprint density at radius 3 is 2.68 bits per heavy atom. The molecule has 2 aromatic heterocycles. The third kappa shape index (κ3) is 5.02. The molecule has 10 nitrogen and oxygen atoms in total. The summed E-state index contributed by atoms with van der Waals surface area (Å²) in [5, 5.41) is 7.08. The predicted molar refractivity (Wildman–Crippen MR) is 136 cm³/mol. The summed E-state index contributed by atoms with van der Waals surface area (Å²) in [5.74, 6) is -1.40. The van der Waals surface area contributed by atoms with E-state index in [1.165, 1.54) is 17.2 Å². The van der Waals surface area contributed by atoms with Gasteiger partial charge in [0.25, 0.3) is 5.91 Å². The number of benzene rings is 1. The number of nitrogen functional groups attached to an aromatic ring is 1. The molecule has 3 atom stereocenters. The fourth-order valence-corrected chi connectivity index (χ4v) is 4.64. The number of nitrogens with one attached hydrogen (secondary N) is 1. The van der Waals surface area contributed by atoms with Gasteiger partial charge in [0.1, 0.15) is 17.7 Å². The van der Waals surface area contributed by atoms with Crippen molar-refractivity contribution < 1.29 is 18.8 Å². The predicted octanol–water partition coefficient (Wildman–Crippen LogP) is 2.74. The number of urea groups is 1. The number of aryl methyl sites for hydroxylation is 1. The van der Waals surface area contributed by atoms with Crippen LogP contribution in [0.3, 0.4) is 0 Å². The van der Waals surface area contributed by atoms with Crippen LogP contribution in [0.15, 0.2) is 48.8 Å². The van der Waals surface area contributed by atoms with Gasteiger partial charge in [-0.25, -0.2) is 14.2 Å². The minimum Gasteiger partial charge on any atom is -0.384 e. The average molecular weight is 508 g/mol. The molecule has 0 saturated carbocycles. The summed E-state index contributed by atoms with van der Waals surface area (Å²) >= 11 is 0. The number of β-lactam (4-membered cyclic amide) rings is 1. The van der Waals surface area contributed by atoms with Crippen molar-refractivity contribution in [2.75, 3.05) is 17.7 Å². The zero-order valence-electron chi connectivity index (χ0n) is 21.2. The summed E-state index contributed by atoms with van der Waals surface area (Å²) in [6, 6.07) is 7.38. The van der Waals surface area contributed by atoms with Crippen LogP contribution >= 0.6 is 0 Å². The molecule has 0 bridgehead atoms. The van der Waals surface area contributed by atoms with Gasteiger partial charge in [-0.3, -0.25) is 24.1 Å². The summed E-state index contributed by atoms with van der Waals surface area (Å²) in [4.78, 5) is 46.5. The van der Waals surface area contributed by atoms with Crippen molar-refractivity contribution in [1.82, 2.24) is 25.0 Å². The number of hydrogen-bond donors (Lipinski definition) is 2. The van der Waals surface area contributed by atoms with Crippen molar-refractivity contribution >= 4 is 29.5 Å². The third-order valence-corrected chi connectivity index (χ3v) is 6.75. The highest BCUT2D eigenvalue weighted by Gasteiger charge is 2.55. The van der Waals surface area contributed by atoms with E-state index in [-0.39, 0.29) is 12.2 Å². The van der Waals surface area contributed by atoms with Gasteiger partial charge in [0.2, 0.25) is 5.91 Å². The number of likely N-dealkylation sites (tertiary alicyclic amines) is 1. The quantitative estimate of drug-likeness (QED) is 0.474. The average Bonchev–Trinajstić information content (AvgIpc) is 3.31. The number of carbonyl (C=O) groups excluding carboxylic acids is 3. The SMILES string of the molecule is CC[C@@H](NC(=O)N1C(=O)[C@H](Cc2ccnc(N)c2)[C@H]1C(=O)N(C)c1ccn(C)n1)c1cccc(F)c1C. The summed E-state index contributed by atoms with van der Waals surface area (Å²) in [5.41, 5.74) is 7.55. The van der Waals surface area contributed by atoms with Gasteiger partial charge in [-0.05, 0) is 54.7 Å². The lowest BCUT2D eigenvalue weighted by molar-refractivity contribution is -0.156. The topological polar surface area (TPSA) is 126 Å². The summed E-state index contributed by atoms with van der Waals surface area (Å²) in [6.07, 6.45) is 3.90. The minimum absolute atomic E-state index is 0.210. The van der Waals surface area contributed by atoms with Gasteiger partial charge in [0.05, 0.1) is 12.0 Å². The van der Waals surface area contributed by atoms with Crippen LogP contribution < -0.4 is 16.0 Å². The molecule has 1 fully saturated rings. The van der Waals surface area contributed by atoms with Crippen molar-refractivity contribution in [3.63, 3.8) is 0 Å². The molecule has 4 rings (SSSR count). The zero-order chi connectivity index (χ0) is 26.9. The smallest absolute Gasteiger partial charge is 0.325 e. The van der Waals surface area contributed by atoms with E-state index >= 15 is 0 Å². The minimum atomic E-state index is -1.06. The summed E-state index contributed by atoms with van der Waals surface area (Å²) in [7, 11) is 3.28. The normalized spacial score (nSPS) is 17.8. The molecule has 1 aliphatic rings. The first kappa shape index (κ1) is 25.8. The Bertz CT molecular complexity index is 1340. The van der Waals surface area contributed by atoms with Crippen LogP contribution in [0.4, 0.5) is 20.8 Å². The molecule has 37 heavy (non-hydrogen) atoms. The molecule has 3 heterocycles. The number of aromatic nitrogens is 3. The molecule has 0 unspecified atom stereocenters. The highest BCUT2D eigenvalue weighted by molar-refractivity contribution is 6.12. The van der Waals surface area contributed by atoms with Gasteiger partial charge >= 0.3 is 6.03 Å². The van der Waals surface area contributed by atoms with Crippen molar-refractivity contribution in [2.45, 2.75) is 38.8 Å². The van der Waals surface area contributed by atoms with E-state index < -0.39 is 35.8 Å². The lowest BCUT2D eigenvalue weighted by atomic mass is 9.81. The maximum atomic E-state index is 14.2. The number of anilines is 2. The van der Waals surface area contributed by atoms with Crippen LogP contribution in [0.2, 0.25) is 0 Å². The number of pyridine rings is 1. The van der Waals surface area contributed by atoms with Gasteiger partial charge in [0, 0.05) is 32.6 Å². The van der Waals surface area contributed by atoms with Gasteiger partial charge in [0.15, 0.2) is 5.82 Å². The second kappa shape index (κ2) is 10.4. The molecular formula is C26H30FN7O3. The van der Waals surface area contributed by atoms with E-state index in [9.17, 15) is 18.8 Å². The zero-order valence-corrected chi connectivity index (χ0v) is 21.2. The number of carbonyl (C=O) groups is 3. The van der Waals surface area contributed by atoms with E-state index in [1.807, 2.05) is 6.92 Å². The van der Waals surface area contributed by atoms with E-state index in [2.05, 4.69) is 15.4 Å². The highest BCUT2D eigenvalue weighted by Crippen LogP contribution is 2.33. The molecule has 194 valence electrons. The molecule has 4 amide bonds.